The molecule has 5 rings (SSSR count). The van der Waals surface area contributed by atoms with Crippen LogP contribution < -0.4 is 0 Å². The van der Waals surface area contributed by atoms with Crippen molar-refractivity contribution in [2.75, 3.05) is 0 Å². The van der Waals surface area contributed by atoms with Gasteiger partial charge in [-0.1, -0.05) is 13.8 Å². The van der Waals surface area contributed by atoms with Gasteiger partial charge in [0.25, 0.3) is 0 Å². The summed E-state index contributed by atoms with van der Waals surface area (Å²) in [7, 11) is 0. The van der Waals surface area contributed by atoms with Gasteiger partial charge in [0.15, 0.2) is 0 Å². The summed E-state index contributed by atoms with van der Waals surface area (Å²) in [4.78, 5) is 0. The predicted molar refractivity (Wildman–Crippen MR) is 90.6 cm³/mol. The number of fused-ring (bicyclic) bond motifs is 4. The molecular weight excluding hydrogens is 320 g/mol. The van der Waals surface area contributed by atoms with Crippen LogP contribution in [0, 0.1) is 28.6 Å². The summed E-state index contributed by atoms with van der Waals surface area (Å²) in [5.41, 5.74) is -4.14. The third-order valence-corrected chi connectivity index (χ3v) is 9.30. The molecule has 2 bridgehead atoms. The average molecular weight is 352 g/mol. The fourth-order valence-electron chi connectivity index (χ4n) is 8.21. The van der Waals surface area contributed by atoms with Crippen molar-refractivity contribution >= 4 is 0 Å². The zero-order valence-corrected chi connectivity index (χ0v) is 15.7. The van der Waals surface area contributed by atoms with E-state index in [1.54, 1.807) is 0 Å². The smallest absolute Gasteiger partial charge is 0.106 e. The van der Waals surface area contributed by atoms with Crippen LogP contribution in [0.25, 0.3) is 0 Å². The van der Waals surface area contributed by atoms with Crippen molar-refractivity contribution in [1.29, 1.82) is 0 Å². The molecule has 142 valence electrons. The maximum atomic E-state index is 11.8. The molecule has 10 unspecified atom stereocenters. The van der Waals surface area contributed by atoms with Crippen LogP contribution in [0.1, 0.15) is 59.8 Å². The Balaban J connectivity index is 1.67. The molecule has 0 aromatic carbocycles. The van der Waals surface area contributed by atoms with Gasteiger partial charge < -0.3 is 25.2 Å². The molecule has 25 heavy (non-hydrogen) atoms. The Bertz CT molecular complexity index is 628. The second kappa shape index (κ2) is 4.27. The van der Waals surface area contributed by atoms with Gasteiger partial charge in [-0.15, -0.1) is 0 Å². The van der Waals surface area contributed by atoms with Crippen LogP contribution in [0.3, 0.4) is 0 Å². The Kier molecular flexibility index (Phi) is 2.90. The van der Waals surface area contributed by atoms with Crippen LogP contribution >= 0.6 is 0 Å². The third-order valence-electron chi connectivity index (χ3n) is 9.30. The molecule has 0 amide bonds. The zero-order chi connectivity index (χ0) is 18.2. The van der Waals surface area contributed by atoms with Crippen molar-refractivity contribution in [3.63, 3.8) is 0 Å². The van der Waals surface area contributed by atoms with E-state index in [4.69, 9.17) is 4.74 Å². The van der Waals surface area contributed by atoms with Gasteiger partial charge in [-0.25, -0.2) is 0 Å². The van der Waals surface area contributed by atoms with Gasteiger partial charge in [0.2, 0.25) is 0 Å². The molecule has 0 aromatic rings. The van der Waals surface area contributed by atoms with Gasteiger partial charge in [0, 0.05) is 11.3 Å². The first-order valence-electron chi connectivity index (χ1n) is 9.89. The van der Waals surface area contributed by atoms with E-state index < -0.39 is 34.2 Å². The SMILES string of the molecule is CC1(O)CC23CC1CCC2C(C)(O)C1C2OC2C(C)(C)C1(O)C(O)C3. The molecule has 0 radical (unpaired) electrons. The molecule has 5 aliphatic rings. The van der Waals surface area contributed by atoms with E-state index in [0.29, 0.717) is 12.8 Å². The lowest BCUT2D eigenvalue weighted by molar-refractivity contribution is -0.221. The summed E-state index contributed by atoms with van der Waals surface area (Å²) >= 11 is 0. The first-order valence-corrected chi connectivity index (χ1v) is 9.89. The highest BCUT2D eigenvalue weighted by molar-refractivity contribution is 5.30. The van der Waals surface area contributed by atoms with Crippen molar-refractivity contribution in [1.82, 2.24) is 0 Å². The third kappa shape index (κ3) is 1.69. The van der Waals surface area contributed by atoms with Crippen molar-refractivity contribution in [3.8, 4) is 0 Å². The van der Waals surface area contributed by atoms with E-state index in [2.05, 4.69) is 0 Å². The second-order valence-corrected chi connectivity index (χ2v) is 10.9. The fraction of sp³-hybridized carbons (Fsp3) is 1.00. The summed E-state index contributed by atoms with van der Waals surface area (Å²) in [6.07, 6.45) is 2.43. The van der Waals surface area contributed by atoms with Crippen LogP contribution in [0.4, 0.5) is 0 Å². The van der Waals surface area contributed by atoms with E-state index in [1.807, 2.05) is 27.7 Å². The monoisotopic (exact) mass is 352 g/mol. The lowest BCUT2D eigenvalue weighted by Crippen LogP contribution is -2.62. The van der Waals surface area contributed by atoms with Crippen LogP contribution in [0.2, 0.25) is 0 Å². The number of ether oxygens (including phenoxy) is 1. The minimum atomic E-state index is -1.36. The summed E-state index contributed by atoms with van der Waals surface area (Å²) in [5, 5.41) is 45.7. The highest BCUT2D eigenvalue weighted by atomic mass is 16.6. The predicted octanol–water partition coefficient (Wildman–Crippen LogP) is 1.21. The second-order valence-electron chi connectivity index (χ2n) is 10.9. The molecule has 10 atom stereocenters. The average Bonchev–Trinajstić information content (AvgIpc) is 3.18. The van der Waals surface area contributed by atoms with E-state index in [-0.39, 0.29) is 29.5 Å². The Labute approximate surface area is 149 Å². The molecule has 5 fully saturated rings. The highest BCUT2D eigenvalue weighted by Crippen LogP contribution is 2.72. The summed E-state index contributed by atoms with van der Waals surface area (Å²) in [6.45, 7) is 7.66. The van der Waals surface area contributed by atoms with Gasteiger partial charge in [0.1, 0.15) is 5.60 Å². The van der Waals surface area contributed by atoms with Gasteiger partial charge >= 0.3 is 0 Å². The van der Waals surface area contributed by atoms with Crippen LogP contribution in [0.5, 0.6) is 0 Å². The lowest BCUT2D eigenvalue weighted by Gasteiger charge is -2.50. The molecule has 4 aliphatic carbocycles. The number of aliphatic hydroxyl groups excluding tert-OH is 1. The van der Waals surface area contributed by atoms with E-state index in [1.165, 1.54) is 0 Å². The van der Waals surface area contributed by atoms with Crippen molar-refractivity contribution in [2.24, 2.45) is 28.6 Å². The van der Waals surface area contributed by atoms with Gasteiger partial charge in [-0.2, -0.15) is 0 Å². The lowest BCUT2D eigenvalue weighted by atomic mass is 9.58. The van der Waals surface area contributed by atoms with Crippen LogP contribution in [-0.4, -0.2) is 55.5 Å². The largest absolute Gasteiger partial charge is 0.390 e. The topological polar surface area (TPSA) is 93.5 Å². The molecule has 1 saturated heterocycles. The summed E-state index contributed by atoms with van der Waals surface area (Å²) in [6, 6.07) is 0. The summed E-state index contributed by atoms with van der Waals surface area (Å²) < 4.78 is 5.86. The Morgan fingerprint density at radius 1 is 0.960 bits per heavy atom. The number of rotatable bonds is 0. The van der Waals surface area contributed by atoms with Crippen molar-refractivity contribution < 1.29 is 25.2 Å². The molecule has 0 aromatic heterocycles. The Morgan fingerprint density at radius 3 is 2.32 bits per heavy atom. The fourth-order valence-corrected chi connectivity index (χ4v) is 8.21. The maximum absolute atomic E-state index is 11.8. The summed E-state index contributed by atoms with van der Waals surface area (Å²) in [5.74, 6) is -0.295. The number of hydrogen-bond acceptors (Lipinski definition) is 5. The first-order chi connectivity index (χ1) is 11.4. The normalized spacial score (nSPS) is 67.2. The van der Waals surface area contributed by atoms with E-state index in [0.717, 1.165) is 19.3 Å². The quantitative estimate of drug-likeness (QED) is 0.492. The minimum absolute atomic E-state index is 0.0300. The molecule has 1 spiro atoms. The number of aliphatic hydroxyl groups is 4. The van der Waals surface area contributed by atoms with Gasteiger partial charge in [-0.05, 0) is 63.2 Å². The molecule has 1 aliphatic heterocycles. The molecule has 4 N–H and O–H groups in total. The highest BCUT2D eigenvalue weighted by Gasteiger charge is 2.82. The maximum Gasteiger partial charge on any atom is 0.106 e. The van der Waals surface area contributed by atoms with Crippen molar-refractivity contribution in [3.05, 3.63) is 0 Å². The van der Waals surface area contributed by atoms with Crippen molar-refractivity contribution in [2.45, 2.75) is 94.9 Å². The van der Waals surface area contributed by atoms with Gasteiger partial charge in [0.05, 0.1) is 29.5 Å². The molecular formula is C20H32O5. The van der Waals surface area contributed by atoms with E-state index >= 15 is 0 Å². The minimum Gasteiger partial charge on any atom is -0.390 e. The number of hydrogen-bond donors (Lipinski definition) is 4. The Morgan fingerprint density at radius 2 is 1.64 bits per heavy atom. The standard InChI is InChI=1S/C20H32O5/c1-16(2)15-13(25-15)14-18(4,23)11-6-5-10-7-19(11,9-17(10,3)22)8-12(21)20(14,16)24/h10-15,21-24H,5-9H2,1-4H3. The Hall–Kier alpha value is -0.200. The zero-order valence-electron chi connectivity index (χ0n) is 15.7. The van der Waals surface area contributed by atoms with Crippen LogP contribution in [-0.2, 0) is 4.74 Å². The molecule has 5 heteroatoms. The van der Waals surface area contributed by atoms with Gasteiger partial charge in [-0.3, -0.25) is 0 Å². The van der Waals surface area contributed by atoms with Crippen LogP contribution in [0.15, 0.2) is 0 Å². The molecule has 5 nitrogen and oxygen atoms in total. The first kappa shape index (κ1) is 16.9. The van der Waals surface area contributed by atoms with E-state index in [9.17, 15) is 20.4 Å². The molecule has 1 heterocycles. The number of epoxide rings is 1. The molecule has 4 saturated carbocycles.